The predicted molar refractivity (Wildman–Crippen MR) is 79.6 cm³/mol. The Balaban J connectivity index is 2.99. The second kappa shape index (κ2) is 7.31. The van der Waals surface area contributed by atoms with Crippen LogP contribution >= 0.6 is 0 Å². The molecule has 23 heavy (non-hydrogen) atoms. The fraction of sp³-hybridized carbons (Fsp3) is 0.500. The molecule has 0 N–H and O–H groups in total. The molecule has 1 amide bonds. The summed E-state index contributed by atoms with van der Waals surface area (Å²) in [4.78, 5) is 12.4. The topological polar surface area (TPSA) is 57.7 Å². The quantitative estimate of drug-likeness (QED) is 0.790. The van der Waals surface area contributed by atoms with E-state index in [4.69, 9.17) is 0 Å². The van der Waals surface area contributed by atoms with Gasteiger partial charge in [0.2, 0.25) is 10.0 Å². The molecule has 1 aromatic rings. The largest absolute Gasteiger partial charge is 0.406 e. The van der Waals surface area contributed by atoms with Crippen LogP contribution in [0.5, 0.6) is 0 Å². The van der Waals surface area contributed by atoms with Gasteiger partial charge in [-0.3, -0.25) is 4.79 Å². The number of halogens is 3. The van der Waals surface area contributed by atoms with Crippen molar-refractivity contribution >= 4 is 15.9 Å². The van der Waals surface area contributed by atoms with Crippen LogP contribution in [-0.4, -0.2) is 56.4 Å². The van der Waals surface area contributed by atoms with Gasteiger partial charge in [-0.15, -0.1) is 0 Å². The molecule has 0 fully saturated rings. The molecule has 0 aliphatic rings. The van der Waals surface area contributed by atoms with Gasteiger partial charge in [-0.1, -0.05) is 13.8 Å². The van der Waals surface area contributed by atoms with Crippen molar-refractivity contribution in [3.8, 4) is 0 Å². The maximum atomic E-state index is 12.3. The van der Waals surface area contributed by atoms with Gasteiger partial charge in [-0.2, -0.15) is 17.5 Å². The number of hydrogen-bond acceptors (Lipinski definition) is 3. The Hall–Kier alpha value is -1.61. The number of hydrogen-bond donors (Lipinski definition) is 0. The van der Waals surface area contributed by atoms with Crippen molar-refractivity contribution in [1.82, 2.24) is 9.21 Å². The summed E-state index contributed by atoms with van der Waals surface area (Å²) in [7, 11) is -2.63. The van der Waals surface area contributed by atoms with Gasteiger partial charge in [-0.05, 0) is 24.3 Å². The van der Waals surface area contributed by atoms with Crippen LogP contribution in [0.15, 0.2) is 29.2 Å². The fourth-order valence-electron chi connectivity index (χ4n) is 2.04. The molecule has 0 saturated heterocycles. The molecule has 0 unspecified atom stereocenters. The molecule has 130 valence electrons. The molecular formula is C14H19F3N2O3S. The monoisotopic (exact) mass is 352 g/mol. The Labute approximate surface area is 133 Å². The first-order valence-electron chi connectivity index (χ1n) is 6.95. The lowest BCUT2D eigenvalue weighted by Crippen LogP contribution is -2.35. The molecule has 0 aromatic heterocycles. The van der Waals surface area contributed by atoms with Gasteiger partial charge in [0.05, 0.1) is 4.90 Å². The first kappa shape index (κ1) is 19.4. The van der Waals surface area contributed by atoms with E-state index in [1.165, 1.54) is 28.6 Å². The van der Waals surface area contributed by atoms with Crippen LogP contribution in [0.4, 0.5) is 13.2 Å². The number of carbonyl (C=O) groups excluding carboxylic acids is 1. The molecule has 0 aliphatic carbocycles. The van der Waals surface area contributed by atoms with Crippen LogP contribution < -0.4 is 0 Å². The lowest BCUT2D eigenvalue weighted by Gasteiger charge is -2.20. The lowest BCUT2D eigenvalue weighted by atomic mass is 10.2. The first-order valence-corrected chi connectivity index (χ1v) is 8.39. The highest BCUT2D eigenvalue weighted by Gasteiger charge is 2.31. The molecule has 0 spiro atoms. The second-order valence-corrected chi connectivity index (χ2v) is 6.83. The van der Waals surface area contributed by atoms with E-state index >= 15 is 0 Å². The van der Waals surface area contributed by atoms with Crippen LogP contribution in [0.1, 0.15) is 24.2 Å². The number of sulfonamides is 1. The standard InChI is InChI=1S/C14H19F3N2O3S/c1-4-19(5-2)23(21,22)12-8-6-11(7-9-12)13(20)18(3)10-14(15,16)17/h6-9H,4-5,10H2,1-3H3. The second-order valence-electron chi connectivity index (χ2n) is 4.89. The summed E-state index contributed by atoms with van der Waals surface area (Å²) in [6.45, 7) is 2.63. The lowest BCUT2D eigenvalue weighted by molar-refractivity contribution is -0.138. The molecule has 1 aromatic carbocycles. The van der Waals surface area contributed by atoms with E-state index in [-0.39, 0.29) is 10.5 Å². The van der Waals surface area contributed by atoms with E-state index in [9.17, 15) is 26.4 Å². The van der Waals surface area contributed by atoms with Crippen molar-refractivity contribution in [3.05, 3.63) is 29.8 Å². The van der Waals surface area contributed by atoms with Crippen molar-refractivity contribution in [2.75, 3.05) is 26.7 Å². The van der Waals surface area contributed by atoms with Crippen molar-refractivity contribution < 1.29 is 26.4 Å². The van der Waals surface area contributed by atoms with Gasteiger partial charge in [0, 0.05) is 25.7 Å². The molecule has 0 heterocycles. The Morgan fingerprint density at radius 1 is 1.09 bits per heavy atom. The fourth-order valence-corrected chi connectivity index (χ4v) is 3.50. The summed E-state index contributed by atoms with van der Waals surface area (Å²) < 4.78 is 62.7. The summed E-state index contributed by atoms with van der Waals surface area (Å²) in [6.07, 6.45) is -4.49. The van der Waals surface area contributed by atoms with Gasteiger partial charge < -0.3 is 4.90 Å². The number of rotatable bonds is 6. The van der Waals surface area contributed by atoms with Crippen LogP contribution in [-0.2, 0) is 10.0 Å². The Morgan fingerprint density at radius 2 is 1.57 bits per heavy atom. The van der Waals surface area contributed by atoms with E-state index < -0.39 is 28.7 Å². The minimum absolute atomic E-state index is 0.00350. The first-order chi connectivity index (χ1) is 10.5. The van der Waals surface area contributed by atoms with Gasteiger partial charge in [0.1, 0.15) is 6.54 Å². The smallest absolute Gasteiger partial charge is 0.333 e. The number of amides is 1. The molecule has 0 atom stereocenters. The zero-order valence-electron chi connectivity index (χ0n) is 13.1. The molecule has 0 saturated carbocycles. The summed E-state index contributed by atoms with van der Waals surface area (Å²) in [5.41, 5.74) is -0.00440. The summed E-state index contributed by atoms with van der Waals surface area (Å²) in [5.74, 6) is -0.825. The molecule has 5 nitrogen and oxygen atoms in total. The summed E-state index contributed by atoms with van der Waals surface area (Å²) in [6, 6.07) is 4.88. The summed E-state index contributed by atoms with van der Waals surface area (Å²) >= 11 is 0. The normalized spacial score (nSPS) is 12.5. The Bertz CT molecular complexity index is 638. The van der Waals surface area contributed by atoms with Gasteiger partial charge in [0.15, 0.2) is 0 Å². The van der Waals surface area contributed by atoms with Crippen molar-refractivity contribution in [2.45, 2.75) is 24.9 Å². The minimum Gasteiger partial charge on any atom is -0.333 e. The highest BCUT2D eigenvalue weighted by atomic mass is 32.2. The molecule has 0 radical (unpaired) electrons. The third-order valence-corrected chi connectivity index (χ3v) is 5.27. The van der Waals surface area contributed by atoms with E-state index in [0.29, 0.717) is 18.0 Å². The maximum absolute atomic E-state index is 12.3. The van der Waals surface area contributed by atoms with Crippen LogP contribution in [0.3, 0.4) is 0 Å². The van der Waals surface area contributed by atoms with E-state index in [2.05, 4.69) is 0 Å². The molecule has 9 heteroatoms. The van der Waals surface area contributed by atoms with Crippen LogP contribution in [0, 0.1) is 0 Å². The maximum Gasteiger partial charge on any atom is 0.406 e. The van der Waals surface area contributed by atoms with Gasteiger partial charge in [0.25, 0.3) is 5.91 Å². The van der Waals surface area contributed by atoms with Gasteiger partial charge in [-0.25, -0.2) is 8.42 Å². The van der Waals surface area contributed by atoms with Crippen LogP contribution in [0.2, 0.25) is 0 Å². The number of carbonyl (C=O) groups is 1. The minimum atomic E-state index is -4.49. The molecular weight excluding hydrogens is 333 g/mol. The third kappa shape index (κ3) is 4.93. The highest BCUT2D eigenvalue weighted by molar-refractivity contribution is 7.89. The number of benzene rings is 1. The zero-order valence-corrected chi connectivity index (χ0v) is 13.9. The van der Waals surface area contributed by atoms with Crippen molar-refractivity contribution in [2.24, 2.45) is 0 Å². The highest BCUT2D eigenvalue weighted by Crippen LogP contribution is 2.19. The Kier molecular flexibility index (Phi) is 6.18. The van der Waals surface area contributed by atoms with E-state index in [1.54, 1.807) is 13.8 Å². The SMILES string of the molecule is CCN(CC)S(=O)(=O)c1ccc(C(=O)N(C)CC(F)(F)F)cc1. The average Bonchev–Trinajstić information content (AvgIpc) is 2.45. The molecule has 0 aliphatic heterocycles. The number of alkyl halides is 3. The Morgan fingerprint density at radius 3 is 1.96 bits per heavy atom. The van der Waals surface area contributed by atoms with E-state index in [0.717, 1.165) is 7.05 Å². The summed E-state index contributed by atoms with van der Waals surface area (Å²) in [5, 5.41) is 0. The molecule has 0 bridgehead atoms. The zero-order chi connectivity index (χ0) is 17.8. The van der Waals surface area contributed by atoms with E-state index in [1.807, 2.05) is 0 Å². The molecule has 1 rings (SSSR count). The van der Waals surface area contributed by atoms with Crippen LogP contribution in [0.25, 0.3) is 0 Å². The van der Waals surface area contributed by atoms with Crippen molar-refractivity contribution in [1.29, 1.82) is 0 Å². The van der Waals surface area contributed by atoms with Gasteiger partial charge >= 0.3 is 6.18 Å². The van der Waals surface area contributed by atoms with Crippen molar-refractivity contribution in [3.63, 3.8) is 0 Å². The predicted octanol–water partition coefficient (Wildman–Crippen LogP) is 2.35. The third-order valence-electron chi connectivity index (χ3n) is 3.21. The average molecular weight is 352 g/mol. The number of nitrogens with zero attached hydrogens (tertiary/aromatic N) is 2.